The van der Waals surface area contributed by atoms with Gasteiger partial charge in [-0.2, -0.15) is 13.2 Å². The summed E-state index contributed by atoms with van der Waals surface area (Å²) in [4.78, 5) is 0. The summed E-state index contributed by atoms with van der Waals surface area (Å²) in [5, 5.41) is 4.30. The number of hydrazine groups is 1. The lowest BCUT2D eigenvalue weighted by molar-refractivity contribution is -0.137. The Kier molecular flexibility index (Phi) is 5.75. The van der Waals surface area contributed by atoms with E-state index >= 15 is 0 Å². The van der Waals surface area contributed by atoms with Crippen LogP contribution in [-0.4, -0.2) is 18.1 Å². The lowest BCUT2D eigenvalue weighted by Crippen LogP contribution is -2.40. The normalized spacial score (nSPS) is 15.6. The summed E-state index contributed by atoms with van der Waals surface area (Å²) in [7, 11) is 0. The van der Waals surface area contributed by atoms with Crippen LogP contribution in [0.2, 0.25) is 10.0 Å². The number of halogens is 5. The Balaban J connectivity index is 2.13. The highest BCUT2D eigenvalue weighted by atomic mass is 35.5. The van der Waals surface area contributed by atoms with Gasteiger partial charge < -0.3 is 0 Å². The molecule has 0 bridgehead atoms. The van der Waals surface area contributed by atoms with E-state index in [1.165, 1.54) is 12.1 Å². The zero-order chi connectivity index (χ0) is 19.8. The minimum atomic E-state index is -4.52. The number of alkyl halides is 3. The van der Waals surface area contributed by atoms with Gasteiger partial charge in [-0.1, -0.05) is 55.2 Å². The Labute approximate surface area is 166 Å². The van der Waals surface area contributed by atoms with Crippen molar-refractivity contribution in [2.45, 2.75) is 20.0 Å². The Morgan fingerprint density at radius 3 is 2.41 bits per heavy atom. The van der Waals surface area contributed by atoms with Gasteiger partial charge in [-0.15, -0.1) is 0 Å². The van der Waals surface area contributed by atoms with Crippen LogP contribution in [0.15, 0.2) is 48.5 Å². The molecule has 0 aromatic heterocycles. The topological polar surface area (TPSA) is 6.48 Å². The van der Waals surface area contributed by atoms with E-state index in [4.69, 9.17) is 23.2 Å². The Morgan fingerprint density at radius 1 is 1.07 bits per heavy atom. The largest absolute Gasteiger partial charge is 0.417 e. The van der Waals surface area contributed by atoms with E-state index in [9.17, 15) is 13.2 Å². The minimum Gasteiger partial charge on any atom is -0.272 e. The highest BCUT2D eigenvalue weighted by Crippen LogP contribution is 2.42. The van der Waals surface area contributed by atoms with E-state index in [0.717, 1.165) is 6.07 Å². The molecule has 0 spiro atoms. The molecular weight excluding hydrogens is 396 g/mol. The summed E-state index contributed by atoms with van der Waals surface area (Å²) < 4.78 is 41.0. The lowest BCUT2D eigenvalue weighted by Gasteiger charge is -2.35. The lowest BCUT2D eigenvalue weighted by atomic mass is 10.0. The van der Waals surface area contributed by atoms with Crippen LogP contribution in [0, 0.1) is 5.92 Å². The molecule has 0 saturated heterocycles. The fraction of sp³-hybridized carbons (Fsp3) is 0.300. The van der Waals surface area contributed by atoms with Gasteiger partial charge in [-0.25, -0.2) is 5.01 Å². The number of anilines is 1. The van der Waals surface area contributed by atoms with E-state index in [1.807, 2.05) is 11.1 Å². The number of nitrogens with zero attached hydrogens (tertiary/aromatic N) is 2. The molecule has 27 heavy (non-hydrogen) atoms. The molecule has 0 unspecified atom stereocenters. The van der Waals surface area contributed by atoms with E-state index in [0.29, 0.717) is 35.4 Å². The number of hydrogen-bond donors (Lipinski definition) is 0. The van der Waals surface area contributed by atoms with Gasteiger partial charge in [0.05, 0.1) is 22.0 Å². The molecule has 0 atom stereocenters. The molecule has 0 radical (unpaired) electrons. The van der Waals surface area contributed by atoms with Crippen molar-refractivity contribution >= 4 is 34.6 Å². The van der Waals surface area contributed by atoms with E-state index in [2.05, 4.69) is 13.8 Å². The fourth-order valence-electron chi connectivity index (χ4n) is 3.19. The molecule has 1 aliphatic rings. The molecule has 0 amide bonds. The highest BCUT2D eigenvalue weighted by Gasteiger charge is 2.37. The number of para-hydroxylation sites is 1. The third-order valence-corrected chi connectivity index (χ3v) is 4.78. The first-order valence-electron chi connectivity index (χ1n) is 8.55. The van der Waals surface area contributed by atoms with Crippen molar-refractivity contribution in [3.05, 3.63) is 69.7 Å². The molecule has 1 heterocycles. The first-order chi connectivity index (χ1) is 12.7. The third-order valence-electron chi connectivity index (χ3n) is 4.23. The van der Waals surface area contributed by atoms with Gasteiger partial charge in [-0.3, -0.25) is 5.01 Å². The van der Waals surface area contributed by atoms with E-state index in [1.54, 1.807) is 29.3 Å². The standard InChI is InChI=1S/C20H19Cl2F3N2/c1-13(2)12-26-10-9-18(27(26)19-6-4-3-5-17(19)22)15-8-7-14(21)11-16(15)20(23,24)25/h3-9,11,13H,10,12H2,1-2H3. The summed E-state index contributed by atoms with van der Waals surface area (Å²) in [5.74, 6) is 0.329. The van der Waals surface area contributed by atoms with Crippen molar-refractivity contribution in [1.29, 1.82) is 0 Å². The second-order valence-corrected chi connectivity index (χ2v) is 7.65. The molecule has 2 aromatic carbocycles. The van der Waals surface area contributed by atoms with Crippen LogP contribution in [-0.2, 0) is 6.18 Å². The molecule has 0 saturated carbocycles. The van der Waals surface area contributed by atoms with Gasteiger partial charge in [0, 0.05) is 23.7 Å². The van der Waals surface area contributed by atoms with Crippen LogP contribution in [0.4, 0.5) is 18.9 Å². The first-order valence-corrected chi connectivity index (χ1v) is 9.31. The summed E-state index contributed by atoms with van der Waals surface area (Å²) >= 11 is 12.2. The molecule has 2 nitrogen and oxygen atoms in total. The van der Waals surface area contributed by atoms with Gasteiger partial charge in [0.25, 0.3) is 0 Å². The Hall–Kier alpha value is -1.69. The van der Waals surface area contributed by atoms with Gasteiger partial charge in [-0.05, 0) is 36.3 Å². The Morgan fingerprint density at radius 2 is 1.78 bits per heavy atom. The van der Waals surface area contributed by atoms with Crippen molar-refractivity contribution in [2.75, 3.05) is 18.1 Å². The van der Waals surface area contributed by atoms with Crippen LogP contribution in [0.5, 0.6) is 0 Å². The molecule has 3 rings (SSSR count). The van der Waals surface area contributed by atoms with Gasteiger partial charge in [0.1, 0.15) is 0 Å². The average Bonchev–Trinajstić information content (AvgIpc) is 2.97. The summed E-state index contributed by atoms with van der Waals surface area (Å²) in [6, 6.07) is 11.0. The van der Waals surface area contributed by atoms with Gasteiger partial charge in [0.15, 0.2) is 0 Å². The van der Waals surface area contributed by atoms with Crippen molar-refractivity contribution in [3.63, 3.8) is 0 Å². The maximum atomic E-state index is 13.7. The monoisotopic (exact) mass is 414 g/mol. The summed E-state index contributed by atoms with van der Waals surface area (Å²) in [5.41, 5.74) is 0.419. The SMILES string of the molecule is CC(C)CN1CC=C(c2ccc(Cl)cc2C(F)(F)F)N1c1ccccc1Cl. The fourth-order valence-corrected chi connectivity index (χ4v) is 3.58. The quantitative estimate of drug-likeness (QED) is 0.545. The van der Waals surface area contributed by atoms with Crippen LogP contribution in [0.1, 0.15) is 25.0 Å². The zero-order valence-corrected chi connectivity index (χ0v) is 16.4. The number of rotatable bonds is 4. The third kappa shape index (κ3) is 4.26. The predicted molar refractivity (Wildman–Crippen MR) is 105 cm³/mol. The summed E-state index contributed by atoms with van der Waals surface area (Å²) in [6.45, 7) is 5.30. The van der Waals surface area contributed by atoms with Crippen molar-refractivity contribution in [1.82, 2.24) is 5.01 Å². The van der Waals surface area contributed by atoms with Crippen LogP contribution in [0.25, 0.3) is 5.70 Å². The molecule has 1 aliphatic heterocycles. The zero-order valence-electron chi connectivity index (χ0n) is 14.9. The number of benzene rings is 2. The molecule has 144 valence electrons. The van der Waals surface area contributed by atoms with Crippen LogP contribution in [0.3, 0.4) is 0 Å². The minimum absolute atomic E-state index is 0.0491. The van der Waals surface area contributed by atoms with Crippen LogP contribution < -0.4 is 5.01 Å². The van der Waals surface area contributed by atoms with Gasteiger partial charge in [0.2, 0.25) is 0 Å². The molecule has 0 N–H and O–H groups in total. The molecule has 0 fully saturated rings. The maximum absolute atomic E-state index is 13.7. The average molecular weight is 415 g/mol. The van der Waals surface area contributed by atoms with Gasteiger partial charge >= 0.3 is 6.18 Å². The van der Waals surface area contributed by atoms with Crippen molar-refractivity contribution in [3.8, 4) is 0 Å². The second-order valence-electron chi connectivity index (χ2n) is 6.81. The number of hydrogen-bond acceptors (Lipinski definition) is 2. The smallest absolute Gasteiger partial charge is 0.272 e. The molecular formula is C20H19Cl2F3N2. The van der Waals surface area contributed by atoms with Crippen LogP contribution >= 0.6 is 23.2 Å². The molecule has 7 heteroatoms. The molecule has 0 aliphatic carbocycles. The first kappa shape index (κ1) is 20.1. The molecule has 2 aromatic rings. The summed E-state index contributed by atoms with van der Waals surface area (Å²) in [6.07, 6.45) is -2.72. The predicted octanol–water partition coefficient (Wildman–Crippen LogP) is 6.75. The van der Waals surface area contributed by atoms with Crippen molar-refractivity contribution < 1.29 is 13.2 Å². The highest BCUT2D eigenvalue weighted by molar-refractivity contribution is 6.33. The maximum Gasteiger partial charge on any atom is 0.417 e. The van der Waals surface area contributed by atoms with E-state index < -0.39 is 11.7 Å². The second kappa shape index (κ2) is 7.74. The van der Waals surface area contributed by atoms with Crippen molar-refractivity contribution in [2.24, 2.45) is 5.92 Å². The Bertz CT molecular complexity index is 863. The van der Waals surface area contributed by atoms with E-state index in [-0.39, 0.29) is 10.6 Å².